The summed E-state index contributed by atoms with van der Waals surface area (Å²) in [6.45, 7) is 2.10. The zero-order chi connectivity index (χ0) is 35.8. The highest BCUT2D eigenvalue weighted by Crippen LogP contribution is 2.37. The number of benzene rings is 2. The number of rotatable bonds is 15. The molecule has 0 aliphatic carbocycles. The first-order valence-corrected chi connectivity index (χ1v) is 14.7. The Labute approximate surface area is 276 Å². The van der Waals surface area contributed by atoms with Gasteiger partial charge in [-0.1, -0.05) is 41.9 Å². The molecule has 1 heterocycles. The number of halogens is 8. The first kappa shape index (κ1) is 38.3. The van der Waals surface area contributed by atoms with Crippen LogP contribution in [0.25, 0.3) is 0 Å². The summed E-state index contributed by atoms with van der Waals surface area (Å²) in [5, 5.41) is 4.65. The summed E-state index contributed by atoms with van der Waals surface area (Å²) in [7, 11) is 0. The van der Waals surface area contributed by atoms with Crippen LogP contribution in [-0.2, 0) is 26.2 Å². The fourth-order valence-corrected chi connectivity index (χ4v) is 4.50. The van der Waals surface area contributed by atoms with E-state index >= 15 is 0 Å². The number of alkyl halides is 6. The third-order valence-electron chi connectivity index (χ3n) is 6.37. The Morgan fingerprint density at radius 2 is 1.67 bits per heavy atom. The van der Waals surface area contributed by atoms with Crippen molar-refractivity contribution in [3.63, 3.8) is 0 Å². The number of carbonyl (C=O) groups is 2. The second-order valence-corrected chi connectivity index (χ2v) is 12.1. The molecular formula is C32H33ClF7N3O5. The fourth-order valence-electron chi connectivity index (χ4n) is 4.39. The van der Waals surface area contributed by atoms with Gasteiger partial charge in [0.25, 0.3) is 5.92 Å². The molecule has 0 aliphatic rings. The summed E-state index contributed by atoms with van der Waals surface area (Å²) in [4.78, 5) is 29.3. The molecule has 2 N–H and O–H groups in total. The molecule has 3 rings (SSSR count). The van der Waals surface area contributed by atoms with Gasteiger partial charge in [0.1, 0.15) is 29.3 Å². The van der Waals surface area contributed by atoms with Crippen molar-refractivity contribution in [2.75, 3.05) is 19.8 Å². The Bertz CT molecular complexity index is 1530. The Balaban J connectivity index is 1.93. The summed E-state index contributed by atoms with van der Waals surface area (Å²) in [5.74, 6) is -6.51. The molecule has 0 spiro atoms. The summed E-state index contributed by atoms with van der Waals surface area (Å²) in [5.41, 5.74) is -2.67. The Morgan fingerprint density at radius 3 is 2.27 bits per heavy atom. The van der Waals surface area contributed by atoms with Gasteiger partial charge in [0, 0.05) is 18.7 Å². The molecule has 2 amide bonds. The Kier molecular flexibility index (Phi) is 12.7. The normalized spacial score (nSPS) is 13.5. The monoisotopic (exact) mass is 707 g/mol. The lowest BCUT2D eigenvalue weighted by Crippen LogP contribution is -2.54. The highest BCUT2D eigenvalue weighted by atomic mass is 35.5. The topological polar surface area (TPSA) is 98.8 Å². The summed E-state index contributed by atoms with van der Waals surface area (Å²) < 4.78 is 112. The predicted octanol–water partition coefficient (Wildman–Crippen LogP) is 7.28. The summed E-state index contributed by atoms with van der Waals surface area (Å²) in [6, 6.07) is 11.6. The average molecular weight is 708 g/mol. The molecule has 0 radical (unpaired) electrons. The maximum atomic E-state index is 14.9. The van der Waals surface area contributed by atoms with Crippen LogP contribution in [0.1, 0.15) is 44.0 Å². The van der Waals surface area contributed by atoms with E-state index in [9.17, 15) is 40.3 Å². The van der Waals surface area contributed by atoms with E-state index in [-0.39, 0.29) is 35.7 Å². The molecule has 48 heavy (non-hydrogen) atoms. The number of amides is 2. The molecule has 0 aliphatic heterocycles. The largest absolute Gasteiger partial charge is 0.461 e. The summed E-state index contributed by atoms with van der Waals surface area (Å²) in [6.07, 6.45) is -8.66. The van der Waals surface area contributed by atoms with Crippen molar-refractivity contribution < 1.29 is 54.5 Å². The van der Waals surface area contributed by atoms with Crippen LogP contribution in [0.15, 0.2) is 66.9 Å². The number of hydrogen-bond donors (Lipinski definition) is 2. The standard InChI is InChI=1S/C32H33ClF7N3O5/c1-29(2,3)48-26(44)11-12-46-19-30(37,38)18-42-28(45)43-31(16-20-7-5-4-6-8-20,25-10-9-22(33)17-41-25)21-13-23(34)15-24(14-21)47-32(39,40)27(35)36/h4-10,13-15,17,27H,11-12,16,18-19H2,1-3H3,(H2,42,43,45)/t31-/m0/s1. The van der Waals surface area contributed by atoms with Gasteiger partial charge in [0.15, 0.2) is 0 Å². The van der Waals surface area contributed by atoms with E-state index in [4.69, 9.17) is 21.1 Å². The molecule has 1 atom stereocenters. The van der Waals surface area contributed by atoms with Crippen molar-refractivity contribution in [2.24, 2.45) is 0 Å². The van der Waals surface area contributed by atoms with E-state index < -0.39 is 66.3 Å². The number of esters is 1. The second kappa shape index (κ2) is 15.9. The number of nitrogens with zero attached hydrogens (tertiary/aromatic N) is 1. The van der Waals surface area contributed by atoms with Crippen molar-refractivity contribution in [2.45, 2.75) is 63.2 Å². The lowest BCUT2D eigenvalue weighted by Gasteiger charge is -2.36. The molecule has 2 aromatic carbocycles. The number of ether oxygens (including phenoxy) is 3. The van der Waals surface area contributed by atoms with E-state index in [1.807, 2.05) is 5.32 Å². The Morgan fingerprint density at radius 1 is 0.979 bits per heavy atom. The molecule has 16 heteroatoms. The van der Waals surface area contributed by atoms with Crippen LogP contribution >= 0.6 is 11.6 Å². The van der Waals surface area contributed by atoms with Crippen LogP contribution in [0.2, 0.25) is 5.02 Å². The minimum Gasteiger partial charge on any atom is -0.460 e. The first-order chi connectivity index (χ1) is 22.3. The van der Waals surface area contributed by atoms with Gasteiger partial charge in [-0.2, -0.15) is 17.6 Å². The minimum absolute atomic E-state index is 0.0553. The highest BCUT2D eigenvalue weighted by molar-refractivity contribution is 6.30. The molecule has 0 saturated heterocycles. The molecule has 262 valence electrons. The maximum absolute atomic E-state index is 14.9. The van der Waals surface area contributed by atoms with Crippen LogP contribution in [0.4, 0.5) is 35.5 Å². The van der Waals surface area contributed by atoms with Gasteiger partial charge in [-0.25, -0.2) is 18.0 Å². The average Bonchev–Trinajstić information content (AvgIpc) is 2.97. The number of hydrogen-bond acceptors (Lipinski definition) is 6. The van der Waals surface area contributed by atoms with Gasteiger partial charge in [0.2, 0.25) is 0 Å². The number of nitrogens with one attached hydrogen (secondary N) is 2. The van der Waals surface area contributed by atoms with Crippen molar-refractivity contribution >= 4 is 23.6 Å². The van der Waals surface area contributed by atoms with Gasteiger partial charge in [-0.3, -0.25) is 9.78 Å². The van der Waals surface area contributed by atoms with E-state index in [1.165, 1.54) is 18.3 Å². The maximum Gasteiger partial charge on any atom is 0.461 e. The van der Waals surface area contributed by atoms with Gasteiger partial charge in [-0.05, 0) is 56.2 Å². The zero-order valence-corrected chi connectivity index (χ0v) is 26.7. The molecular weight excluding hydrogens is 675 g/mol. The number of pyridine rings is 1. The fraction of sp³-hybridized carbons (Fsp3) is 0.406. The lowest BCUT2D eigenvalue weighted by molar-refractivity contribution is -0.253. The van der Waals surface area contributed by atoms with Crippen LogP contribution < -0.4 is 15.4 Å². The molecule has 0 unspecified atom stereocenters. The second-order valence-electron chi connectivity index (χ2n) is 11.6. The minimum atomic E-state index is -5.00. The van der Waals surface area contributed by atoms with E-state index in [2.05, 4.69) is 15.0 Å². The van der Waals surface area contributed by atoms with Crippen molar-refractivity contribution in [3.8, 4) is 5.75 Å². The molecule has 0 fully saturated rings. The molecule has 1 aromatic heterocycles. The van der Waals surface area contributed by atoms with E-state index in [0.717, 1.165) is 12.1 Å². The first-order valence-electron chi connectivity index (χ1n) is 14.4. The molecule has 0 bridgehead atoms. The van der Waals surface area contributed by atoms with Crippen LogP contribution in [-0.4, -0.2) is 60.8 Å². The van der Waals surface area contributed by atoms with Crippen LogP contribution in [0.3, 0.4) is 0 Å². The van der Waals surface area contributed by atoms with Crippen LogP contribution in [0, 0.1) is 5.82 Å². The SMILES string of the molecule is CC(C)(C)OC(=O)CCOCC(F)(F)CNC(=O)N[C@@](Cc1ccccc1)(c1cc(F)cc(OC(F)(F)C(F)F)c1)c1ccc(Cl)cn1. The van der Waals surface area contributed by atoms with Gasteiger partial charge >= 0.3 is 24.5 Å². The Hall–Kier alpha value is -4.11. The van der Waals surface area contributed by atoms with Gasteiger partial charge in [-0.15, -0.1) is 0 Å². The van der Waals surface area contributed by atoms with E-state index in [1.54, 1.807) is 51.1 Å². The molecule has 0 saturated carbocycles. The van der Waals surface area contributed by atoms with Gasteiger partial charge < -0.3 is 24.8 Å². The van der Waals surface area contributed by atoms with Crippen molar-refractivity contribution in [3.05, 3.63) is 94.5 Å². The molecule has 8 nitrogen and oxygen atoms in total. The third kappa shape index (κ3) is 11.5. The van der Waals surface area contributed by atoms with Crippen molar-refractivity contribution in [1.29, 1.82) is 0 Å². The zero-order valence-electron chi connectivity index (χ0n) is 26.0. The predicted molar refractivity (Wildman–Crippen MR) is 161 cm³/mol. The number of carbonyl (C=O) groups excluding carboxylic acids is 2. The lowest BCUT2D eigenvalue weighted by atomic mass is 9.80. The smallest absolute Gasteiger partial charge is 0.460 e. The number of urea groups is 1. The van der Waals surface area contributed by atoms with Gasteiger partial charge in [0.05, 0.1) is 30.3 Å². The van der Waals surface area contributed by atoms with Crippen molar-refractivity contribution in [1.82, 2.24) is 15.6 Å². The van der Waals surface area contributed by atoms with Crippen LogP contribution in [0.5, 0.6) is 5.75 Å². The molecule has 3 aromatic rings. The van der Waals surface area contributed by atoms with E-state index in [0.29, 0.717) is 11.6 Å². The number of aromatic nitrogens is 1. The quantitative estimate of drug-likeness (QED) is 0.0979. The summed E-state index contributed by atoms with van der Waals surface area (Å²) >= 11 is 6.01. The third-order valence-corrected chi connectivity index (χ3v) is 6.59. The highest BCUT2D eigenvalue weighted by Gasteiger charge is 2.45.